The molecule has 0 radical (unpaired) electrons. The van der Waals surface area contributed by atoms with Gasteiger partial charge in [-0.3, -0.25) is 9.59 Å². The Kier molecular flexibility index (Phi) is 16.0. The topological polar surface area (TPSA) is 217 Å². The summed E-state index contributed by atoms with van der Waals surface area (Å²) in [5, 5.41) is 47.0. The number of rotatable bonds is 14. The zero-order chi connectivity index (χ0) is 48.3. The van der Waals surface area contributed by atoms with Gasteiger partial charge in [-0.05, 0) is 109 Å². The molecule has 17 heteroatoms. The molecule has 4 aliphatic carbocycles. The first-order chi connectivity index (χ1) is 31.1. The summed E-state index contributed by atoms with van der Waals surface area (Å²) in [5.74, 6) is -1.02. The van der Waals surface area contributed by atoms with Gasteiger partial charge in [0.2, 0.25) is 0 Å². The van der Waals surface area contributed by atoms with Gasteiger partial charge in [-0.2, -0.15) is 0 Å². The van der Waals surface area contributed by atoms with Crippen LogP contribution in [0, 0.1) is 34.5 Å². The van der Waals surface area contributed by atoms with Crippen molar-refractivity contribution in [1.82, 2.24) is 0 Å². The molecule has 4 N–H and O–H groups in total. The van der Waals surface area contributed by atoms with E-state index < -0.39 is 109 Å². The summed E-state index contributed by atoms with van der Waals surface area (Å²) in [6.45, 7) is 16.5. The second-order valence-electron chi connectivity index (χ2n) is 21.5. The van der Waals surface area contributed by atoms with Crippen LogP contribution in [0.25, 0.3) is 0 Å². The maximum Gasteiger partial charge on any atom is 0.309 e. The zero-order valence-electron chi connectivity index (χ0n) is 41.4. The van der Waals surface area contributed by atoms with Gasteiger partial charge in [-0.15, -0.1) is 0 Å². The van der Waals surface area contributed by atoms with Crippen LogP contribution in [0.3, 0.4) is 0 Å². The molecule has 0 aromatic heterocycles. The first kappa shape index (κ1) is 52.2. The lowest BCUT2D eigenvalue weighted by Gasteiger charge is -2.66. The third kappa shape index (κ3) is 9.15. The van der Waals surface area contributed by atoms with E-state index in [4.69, 9.17) is 52.1 Å². The predicted molar refractivity (Wildman–Crippen MR) is 235 cm³/mol. The normalized spacial score (nSPS) is 50.3. The monoisotopic (exact) mass is 943 g/mol. The fourth-order valence-corrected chi connectivity index (χ4v) is 13.9. The maximum absolute atomic E-state index is 13.0. The van der Waals surface area contributed by atoms with E-state index in [1.165, 1.54) is 14.0 Å². The molecular formula is C49H82O17. The number of hydrogen-bond acceptors (Lipinski definition) is 17. The molecule has 0 aromatic carbocycles. The molecule has 7 fully saturated rings. The molecule has 0 spiro atoms. The molecule has 3 aliphatic heterocycles. The molecule has 7 rings (SSSR count). The average Bonchev–Trinajstić information content (AvgIpc) is 3.50. The molecule has 0 bridgehead atoms. The number of fused-ring (bicyclic) bond motifs is 5. The molecule has 4 saturated carbocycles. The van der Waals surface area contributed by atoms with E-state index in [1.54, 1.807) is 35.0 Å². The van der Waals surface area contributed by atoms with Crippen molar-refractivity contribution in [3.8, 4) is 0 Å². The molecule has 17 nitrogen and oxygen atoms in total. The van der Waals surface area contributed by atoms with Crippen molar-refractivity contribution in [1.29, 1.82) is 0 Å². The summed E-state index contributed by atoms with van der Waals surface area (Å²) >= 11 is 0. The van der Waals surface area contributed by atoms with Crippen molar-refractivity contribution >= 4 is 11.9 Å². The van der Waals surface area contributed by atoms with Crippen molar-refractivity contribution in [3.63, 3.8) is 0 Å². The van der Waals surface area contributed by atoms with Crippen molar-refractivity contribution < 1.29 is 82.1 Å². The van der Waals surface area contributed by atoms with Crippen LogP contribution in [-0.4, -0.2) is 163 Å². The average molecular weight is 943 g/mol. The van der Waals surface area contributed by atoms with Gasteiger partial charge in [0, 0.05) is 41.1 Å². The van der Waals surface area contributed by atoms with Gasteiger partial charge >= 0.3 is 11.9 Å². The minimum Gasteiger partial charge on any atom is -0.462 e. The molecule has 0 aromatic rings. The van der Waals surface area contributed by atoms with Crippen LogP contribution in [0.5, 0.6) is 0 Å². The fourth-order valence-electron chi connectivity index (χ4n) is 13.9. The molecular weight excluding hydrogens is 861 g/mol. The number of hydrogen-bond donors (Lipinski definition) is 4. The van der Waals surface area contributed by atoms with Gasteiger partial charge in [0.25, 0.3) is 0 Å². The van der Waals surface area contributed by atoms with Crippen molar-refractivity contribution in [3.05, 3.63) is 0 Å². The summed E-state index contributed by atoms with van der Waals surface area (Å²) in [5.41, 5.74) is -4.41. The number of carbonyl (C=O) groups is 2. The number of aliphatic hydroxyl groups excluding tert-OH is 2. The number of carbonyl (C=O) groups excluding carboxylic acids is 2. The number of methoxy groups -OCH3 is 3. The first-order valence-corrected chi connectivity index (χ1v) is 24.8. The minimum atomic E-state index is -1.61. The van der Waals surface area contributed by atoms with Gasteiger partial charge in [0.05, 0.1) is 53.6 Å². The summed E-state index contributed by atoms with van der Waals surface area (Å²) in [6, 6.07) is 0. The van der Waals surface area contributed by atoms with E-state index in [2.05, 4.69) is 6.92 Å². The Bertz CT molecular complexity index is 1670. The Balaban J connectivity index is 0.971. The van der Waals surface area contributed by atoms with Crippen LogP contribution < -0.4 is 0 Å². The largest absolute Gasteiger partial charge is 0.462 e. The van der Waals surface area contributed by atoms with E-state index in [9.17, 15) is 30.0 Å². The fraction of sp³-hybridized carbons (Fsp3) is 0.959. The highest BCUT2D eigenvalue weighted by Crippen LogP contribution is 2.71. The summed E-state index contributed by atoms with van der Waals surface area (Å²) < 4.78 is 67.6. The number of ether oxygens (including phenoxy) is 11. The summed E-state index contributed by atoms with van der Waals surface area (Å²) in [6.07, 6.45) is -4.11. The van der Waals surface area contributed by atoms with E-state index in [-0.39, 0.29) is 53.7 Å². The Morgan fingerprint density at radius 1 is 0.712 bits per heavy atom. The van der Waals surface area contributed by atoms with Crippen LogP contribution in [0.1, 0.15) is 133 Å². The second-order valence-corrected chi connectivity index (χ2v) is 21.5. The number of aliphatic hydroxyl groups is 4. The lowest BCUT2D eigenvalue weighted by molar-refractivity contribution is -0.352. The molecule has 3 saturated heterocycles. The van der Waals surface area contributed by atoms with Gasteiger partial charge in [0.1, 0.15) is 48.3 Å². The summed E-state index contributed by atoms with van der Waals surface area (Å²) in [4.78, 5) is 25.8. The highest BCUT2D eigenvalue weighted by molar-refractivity contribution is 5.72. The van der Waals surface area contributed by atoms with Gasteiger partial charge in [-0.1, -0.05) is 27.7 Å². The molecule has 2 unspecified atom stereocenters. The van der Waals surface area contributed by atoms with E-state index in [0.717, 1.165) is 32.1 Å². The standard InChI is InChI=1S/C49H82O17/c1-13-24(2)44(53)62-28(6)48(54)18-19-49(55)32-15-14-30-20-31(16-17-46(30,8)33(32)21-36(47(48,49)9)63-29(7)50)64-37-22-34(56-10)41(26(4)59-37)65-38-23-35(57-11)42(27(5)60-38)66-45-40(52)43(58-12)39(51)25(3)61-45/h24-28,30-43,45,51-52,54-55H,13-23H2,1-12H3/t24?,25-,26-,27-,28?,30+,31+,32-,33+,34+,35-,36-,37+,38+,39-,40-,41+,42+,43-,45+,46+,47-,48-,49+/m1/s1. The zero-order valence-corrected chi connectivity index (χ0v) is 41.4. The molecule has 3 heterocycles. The molecule has 7 aliphatic rings. The van der Waals surface area contributed by atoms with Crippen LogP contribution in [0.2, 0.25) is 0 Å². The smallest absolute Gasteiger partial charge is 0.309 e. The van der Waals surface area contributed by atoms with Gasteiger partial charge < -0.3 is 72.5 Å². The quantitative estimate of drug-likeness (QED) is 0.141. The lowest BCUT2D eigenvalue weighted by atomic mass is 9.42. The van der Waals surface area contributed by atoms with Crippen LogP contribution in [-0.2, 0) is 61.7 Å². The van der Waals surface area contributed by atoms with E-state index >= 15 is 0 Å². The third-order valence-corrected chi connectivity index (χ3v) is 18.2. The Labute approximate surface area is 391 Å². The second kappa shape index (κ2) is 20.3. The highest BCUT2D eigenvalue weighted by Gasteiger charge is 2.77. The minimum absolute atomic E-state index is 0.0267. The van der Waals surface area contributed by atoms with Crippen LogP contribution in [0.15, 0.2) is 0 Å². The van der Waals surface area contributed by atoms with Crippen LogP contribution in [0.4, 0.5) is 0 Å². The highest BCUT2D eigenvalue weighted by atomic mass is 16.8. The maximum atomic E-state index is 13.0. The third-order valence-electron chi connectivity index (χ3n) is 18.2. The predicted octanol–water partition coefficient (Wildman–Crippen LogP) is 4.33. The van der Waals surface area contributed by atoms with Gasteiger partial charge in [-0.25, -0.2) is 0 Å². The molecule has 24 atom stereocenters. The lowest BCUT2D eigenvalue weighted by Crippen LogP contribution is -2.72. The Morgan fingerprint density at radius 3 is 1.92 bits per heavy atom. The van der Waals surface area contributed by atoms with Gasteiger partial charge in [0.15, 0.2) is 18.9 Å². The molecule has 66 heavy (non-hydrogen) atoms. The van der Waals surface area contributed by atoms with E-state index in [1.807, 2.05) is 27.7 Å². The Hall–Kier alpha value is -1.58. The number of esters is 2. The SMILES string of the molecule is CCC(C)C(=O)OC(C)[C@]1(O)CC[C@]2(O)[C@@H]3CC[C@H]4C[C@@H](O[C@H]5C[C@H](OC)[C@@H](O[C@H]6C[C@@H](OC)[C@@H](O[C@@H]7O[C@H](C)[C@@H](O)[C@@H](OC)[C@H]7O)[C@@H](C)O6)[C@@H](C)O5)CC[C@]4(C)[C@H]3C[C@@H](OC(C)=O)[C@]12C. The molecule has 380 valence electrons. The van der Waals surface area contributed by atoms with Crippen LogP contribution >= 0.6 is 0 Å². The summed E-state index contributed by atoms with van der Waals surface area (Å²) in [7, 11) is 4.67. The Morgan fingerprint density at radius 2 is 1.33 bits per heavy atom. The van der Waals surface area contributed by atoms with Crippen molar-refractivity contribution in [2.45, 2.75) is 242 Å². The van der Waals surface area contributed by atoms with Crippen molar-refractivity contribution in [2.75, 3.05) is 21.3 Å². The molecule has 0 amide bonds. The first-order valence-electron chi connectivity index (χ1n) is 24.8. The van der Waals surface area contributed by atoms with E-state index in [0.29, 0.717) is 32.1 Å². The van der Waals surface area contributed by atoms with Crippen molar-refractivity contribution in [2.24, 2.45) is 34.5 Å².